The van der Waals surface area contributed by atoms with E-state index in [-0.39, 0.29) is 13.3 Å². The van der Waals surface area contributed by atoms with Gasteiger partial charge in [-0.05, 0) is 0 Å². The zero-order valence-corrected chi connectivity index (χ0v) is 13.8. The van der Waals surface area contributed by atoms with Gasteiger partial charge in [0.15, 0.2) is 0 Å². The fourth-order valence-corrected chi connectivity index (χ4v) is 1.17. The van der Waals surface area contributed by atoms with Gasteiger partial charge in [-0.3, -0.25) is 0 Å². The highest BCUT2D eigenvalue weighted by atomic mass is 16.5. The van der Waals surface area contributed by atoms with Gasteiger partial charge in [-0.15, -0.1) is 0 Å². The van der Waals surface area contributed by atoms with E-state index in [1.54, 1.807) is 0 Å². The van der Waals surface area contributed by atoms with Crippen LogP contribution in [0.5, 0.6) is 0 Å². The Morgan fingerprint density at radius 2 is 1.00 bits per heavy atom. The zero-order chi connectivity index (χ0) is 19.2. The molecule has 0 fully saturated rings. The first kappa shape index (κ1) is 21.6. The molecule has 0 spiro atoms. The molecule has 0 rings (SSSR count). The Hall–Kier alpha value is -3.45. The summed E-state index contributed by atoms with van der Waals surface area (Å²) in [5, 5.41) is 10.8. The van der Waals surface area contributed by atoms with Crippen molar-refractivity contribution >= 4 is 30.3 Å². The number of alkyl carbamates (subject to hydrolysis) is 3. The van der Waals surface area contributed by atoms with Gasteiger partial charge in [0.2, 0.25) is 0 Å². The highest BCUT2D eigenvalue weighted by molar-refractivity contribution is 5.94. The fourth-order valence-electron chi connectivity index (χ4n) is 1.17. The first-order valence-electron chi connectivity index (χ1n) is 6.64. The molecule has 0 aliphatic heterocycles. The van der Waals surface area contributed by atoms with Crippen LogP contribution in [0.15, 0.2) is 0 Å². The van der Waals surface area contributed by atoms with Crippen molar-refractivity contribution in [2.75, 3.05) is 41.3 Å². The highest BCUT2D eigenvalue weighted by Gasteiger charge is 2.22. The summed E-state index contributed by atoms with van der Waals surface area (Å²) < 4.78 is 12.9. The van der Waals surface area contributed by atoms with E-state index in [1.165, 1.54) is 0 Å². The molecular formula is C11H20N6O8. The van der Waals surface area contributed by atoms with Crippen LogP contribution in [-0.2, 0) is 14.2 Å². The Bertz CT molecular complexity index is 465. The van der Waals surface area contributed by atoms with Gasteiger partial charge in [-0.25, -0.2) is 28.9 Å². The number of nitrogens with zero attached hydrogens (tertiary/aromatic N) is 1. The topological polar surface area (TPSA) is 176 Å². The summed E-state index contributed by atoms with van der Waals surface area (Å²) in [4.78, 5) is 57.3. The smallest absolute Gasteiger partial charge is 0.408 e. The second-order valence-corrected chi connectivity index (χ2v) is 3.91. The van der Waals surface area contributed by atoms with Gasteiger partial charge in [0.05, 0.1) is 34.7 Å². The molecule has 0 aromatic rings. The van der Waals surface area contributed by atoms with Crippen molar-refractivity contribution in [1.29, 1.82) is 0 Å². The summed E-state index contributed by atoms with van der Waals surface area (Å²) in [5.41, 5.74) is 0. The number of amides is 7. The Morgan fingerprint density at radius 3 is 1.36 bits per heavy atom. The minimum atomic E-state index is -0.955. The number of nitrogens with one attached hydrogen (secondary N) is 5. The van der Waals surface area contributed by atoms with Crippen molar-refractivity contribution in [3.8, 4) is 0 Å². The molecule has 0 saturated carbocycles. The number of hydrogen-bond acceptors (Lipinski definition) is 8. The van der Waals surface area contributed by atoms with Gasteiger partial charge >= 0.3 is 30.3 Å². The lowest BCUT2D eigenvalue weighted by atomic mass is 10.6. The van der Waals surface area contributed by atoms with Crippen molar-refractivity contribution in [3.05, 3.63) is 0 Å². The standard InChI is InChI=1S/C11H20N6O8/c1-23-9(20)14-4-12-7(18)17(6-16-11(22)25-3)8(19)13-5-15-10(21)24-2/h4-6H2,1-3H3,(H,12,18)(H,13,19)(H,14,20)(H,15,21)(H,16,22). The largest absolute Gasteiger partial charge is 0.453 e. The molecule has 5 N–H and O–H groups in total. The number of hydrogen-bond donors (Lipinski definition) is 5. The minimum absolute atomic E-state index is 0.339. The lowest BCUT2D eigenvalue weighted by Crippen LogP contribution is -2.55. The highest BCUT2D eigenvalue weighted by Crippen LogP contribution is 1.90. The molecule has 142 valence electrons. The van der Waals surface area contributed by atoms with Crippen LogP contribution in [0.1, 0.15) is 0 Å². The number of methoxy groups -OCH3 is 3. The second kappa shape index (κ2) is 12.0. The van der Waals surface area contributed by atoms with E-state index in [9.17, 15) is 24.0 Å². The molecular weight excluding hydrogens is 344 g/mol. The third-order valence-electron chi connectivity index (χ3n) is 2.37. The normalized spacial score (nSPS) is 9.08. The van der Waals surface area contributed by atoms with Crippen LogP contribution in [0.25, 0.3) is 0 Å². The summed E-state index contributed by atoms with van der Waals surface area (Å²) in [6.45, 7) is -1.22. The van der Waals surface area contributed by atoms with E-state index < -0.39 is 37.0 Å². The molecule has 0 unspecified atom stereocenters. The van der Waals surface area contributed by atoms with Crippen molar-refractivity contribution in [2.24, 2.45) is 0 Å². The van der Waals surface area contributed by atoms with Crippen molar-refractivity contribution in [1.82, 2.24) is 31.5 Å². The molecule has 0 aliphatic carbocycles. The lowest BCUT2D eigenvalue weighted by molar-refractivity contribution is 0.158. The molecule has 0 atom stereocenters. The van der Waals surface area contributed by atoms with Gasteiger partial charge in [0, 0.05) is 0 Å². The van der Waals surface area contributed by atoms with E-state index in [1.807, 2.05) is 0 Å². The van der Waals surface area contributed by atoms with E-state index in [0.29, 0.717) is 4.90 Å². The predicted octanol–water partition coefficient (Wildman–Crippen LogP) is -1.35. The number of urea groups is 2. The molecule has 0 heterocycles. The molecule has 0 saturated heterocycles. The minimum Gasteiger partial charge on any atom is -0.453 e. The van der Waals surface area contributed by atoms with Crippen LogP contribution in [0.3, 0.4) is 0 Å². The molecule has 0 aromatic carbocycles. The third kappa shape index (κ3) is 9.32. The first-order chi connectivity index (χ1) is 11.8. The predicted molar refractivity (Wildman–Crippen MR) is 80.1 cm³/mol. The number of ether oxygens (including phenoxy) is 3. The number of imide groups is 1. The average molecular weight is 364 g/mol. The fraction of sp³-hybridized carbons (Fsp3) is 0.545. The van der Waals surface area contributed by atoms with Gasteiger partial charge in [0.1, 0.15) is 6.67 Å². The Morgan fingerprint density at radius 1 is 0.640 bits per heavy atom. The van der Waals surface area contributed by atoms with E-state index >= 15 is 0 Å². The van der Waals surface area contributed by atoms with Crippen LogP contribution in [0.4, 0.5) is 24.0 Å². The molecule has 0 aromatic heterocycles. The van der Waals surface area contributed by atoms with Crippen LogP contribution in [0.2, 0.25) is 0 Å². The molecule has 7 amide bonds. The van der Waals surface area contributed by atoms with Crippen molar-refractivity contribution < 1.29 is 38.2 Å². The monoisotopic (exact) mass is 364 g/mol. The summed E-state index contributed by atoms with van der Waals surface area (Å²) in [7, 11) is 3.36. The maximum Gasteiger partial charge on any atom is 0.408 e. The summed E-state index contributed by atoms with van der Waals surface area (Å²) in [6, 6.07) is -1.91. The first-order valence-corrected chi connectivity index (χ1v) is 6.64. The van der Waals surface area contributed by atoms with E-state index in [2.05, 4.69) is 40.8 Å². The van der Waals surface area contributed by atoms with E-state index in [4.69, 9.17) is 0 Å². The van der Waals surface area contributed by atoms with Crippen LogP contribution < -0.4 is 26.6 Å². The molecule has 14 heteroatoms. The molecule has 25 heavy (non-hydrogen) atoms. The summed E-state index contributed by atoms with van der Waals surface area (Å²) in [6.07, 6.45) is -2.48. The van der Waals surface area contributed by atoms with Crippen LogP contribution in [-0.4, -0.2) is 76.6 Å². The van der Waals surface area contributed by atoms with Crippen molar-refractivity contribution in [3.63, 3.8) is 0 Å². The Balaban J connectivity index is 4.63. The number of rotatable bonds is 6. The summed E-state index contributed by atoms with van der Waals surface area (Å²) in [5.74, 6) is 0. The number of carbonyl (C=O) groups is 5. The van der Waals surface area contributed by atoms with Gasteiger partial charge < -0.3 is 40.8 Å². The molecule has 14 nitrogen and oxygen atoms in total. The van der Waals surface area contributed by atoms with Crippen LogP contribution in [0, 0.1) is 0 Å². The molecule has 0 radical (unpaired) electrons. The third-order valence-corrected chi connectivity index (χ3v) is 2.37. The maximum atomic E-state index is 12.0. The Kier molecular flexibility index (Phi) is 10.4. The average Bonchev–Trinajstić information content (AvgIpc) is 2.60. The second-order valence-electron chi connectivity index (χ2n) is 3.91. The van der Waals surface area contributed by atoms with Crippen molar-refractivity contribution in [2.45, 2.75) is 0 Å². The zero-order valence-electron chi connectivity index (χ0n) is 13.8. The Labute approximate surface area is 142 Å². The van der Waals surface area contributed by atoms with Gasteiger partial charge in [0.25, 0.3) is 0 Å². The number of carbonyl (C=O) groups excluding carboxylic acids is 5. The molecule has 0 aliphatic rings. The van der Waals surface area contributed by atoms with Crippen LogP contribution >= 0.6 is 0 Å². The van der Waals surface area contributed by atoms with E-state index in [0.717, 1.165) is 21.3 Å². The molecule has 0 bridgehead atoms. The quantitative estimate of drug-likeness (QED) is 0.284. The SMILES string of the molecule is COC(=O)NCNC(=O)N(CNC(=O)OC)C(=O)NCNC(=O)OC. The summed E-state index contributed by atoms with van der Waals surface area (Å²) >= 11 is 0. The van der Waals surface area contributed by atoms with Gasteiger partial charge in [-0.1, -0.05) is 0 Å². The maximum absolute atomic E-state index is 12.0. The lowest BCUT2D eigenvalue weighted by Gasteiger charge is -2.21. The van der Waals surface area contributed by atoms with Gasteiger partial charge in [-0.2, -0.15) is 0 Å².